The molecule has 0 amide bonds. The number of Topliss-reactive ketones (excluding diaryl/α,β-unsaturated/α-hetero) is 1. The number of fused-ring (bicyclic) bond motifs is 1. The largest absolute Gasteiger partial charge is 0.385 e. The number of carbonyl (C=O) groups is 2. The van der Waals surface area contributed by atoms with Gasteiger partial charge >= 0.3 is 0 Å². The molecule has 1 saturated carbocycles. The van der Waals surface area contributed by atoms with Gasteiger partial charge in [-0.1, -0.05) is 38.0 Å². The Morgan fingerprint density at radius 2 is 2.04 bits per heavy atom. The van der Waals surface area contributed by atoms with E-state index in [9.17, 15) is 14.7 Å². The van der Waals surface area contributed by atoms with Gasteiger partial charge in [0.2, 0.25) is 0 Å². The summed E-state index contributed by atoms with van der Waals surface area (Å²) in [5.41, 5.74) is 1.93. The van der Waals surface area contributed by atoms with Crippen molar-refractivity contribution in [1.82, 2.24) is 0 Å². The van der Waals surface area contributed by atoms with Crippen molar-refractivity contribution in [3.8, 4) is 0 Å². The minimum Gasteiger partial charge on any atom is -0.385 e. The first kappa shape index (κ1) is 18.1. The fourth-order valence-corrected chi connectivity index (χ4v) is 5.08. The first-order valence-corrected chi connectivity index (χ1v) is 8.63. The highest BCUT2D eigenvalue weighted by Crippen LogP contribution is 2.59. The summed E-state index contributed by atoms with van der Waals surface area (Å²) in [6.07, 6.45) is 7.10. The molecular weight excluding hydrogens is 288 g/mol. The van der Waals surface area contributed by atoms with E-state index < -0.39 is 11.5 Å². The van der Waals surface area contributed by atoms with Gasteiger partial charge in [-0.3, -0.25) is 9.59 Å². The van der Waals surface area contributed by atoms with Crippen molar-refractivity contribution in [1.29, 1.82) is 0 Å². The number of allylic oxidation sites excluding steroid dienone is 4. The SMILES string of the molecule is CC1=CC[C@@H]2C(C)(C)[C@H](O)C(=O)C[C@]2(C)[C@@H]1CC/C(C)=C/C=O. The summed E-state index contributed by atoms with van der Waals surface area (Å²) < 4.78 is 0. The zero-order valence-electron chi connectivity index (χ0n) is 15.1. The van der Waals surface area contributed by atoms with Crippen molar-refractivity contribution in [2.24, 2.45) is 22.7 Å². The van der Waals surface area contributed by atoms with Crippen molar-refractivity contribution in [2.45, 2.75) is 66.4 Å². The number of aliphatic hydroxyl groups is 1. The van der Waals surface area contributed by atoms with Gasteiger partial charge in [-0.25, -0.2) is 0 Å². The molecule has 0 radical (unpaired) electrons. The smallest absolute Gasteiger partial charge is 0.162 e. The van der Waals surface area contributed by atoms with Crippen LogP contribution < -0.4 is 0 Å². The van der Waals surface area contributed by atoms with E-state index in [0.29, 0.717) is 18.3 Å². The zero-order valence-corrected chi connectivity index (χ0v) is 15.1. The van der Waals surface area contributed by atoms with Crippen molar-refractivity contribution >= 4 is 12.1 Å². The second kappa shape index (κ2) is 6.35. The van der Waals surface area contributed by atoms with Gasteiger partial charge < -0.3 is 5.11 Å². The number of carbonyl (C=O) groups excluding carboxylic acids is 2. The molecule has 128 valence electrons. The second-order valence-electron chi connectivity index (χ2n) is 8.35. The highest BCUT2D eigenvalue weighted by Gasteiger charge is 2.57. The van der Waals surface area contributed by atoms with Crippen molar-refractivity contribution < 1.29 is 14.7 Å². The molecule has 0 saturated heterocycles. The fraction of sp³-hybridized carbons (Fsp3) is 0.700. The number of hydrogen-bond donors (Lipinski definition) is 1. The molecule has 1 fully saturated rings. The maximum Gasteiger partial charge on any atom is 0.162 e. The van der Waals surface area contributed by atoms with Gasteiger partial charge in [0.25, 0.3) is 0 Å². The third-order valence-electron chi connectivity index (χ3n) is 6.46. The lowest BCUT2D eigenvalue weighted by Gasteiger charge is -2.57. The summed E-state index contributed by atoms with van der Waals surface area (Å²) in [6, 6.07) is 0. The normalized spacial score (nSPS) is 37.1. The molecular formula is C20H30O3. The molecule has 1 N–H and O–H groups in total. The Balaban J connectivity index is 2.33. The number of rotatable bonds is 4. The molecule has 2 rings (SSSR count). The summed E-state index contributed by atoms with van der Waals surface area (Å²) in [4.78, 5) is 23.1. The molecule has 2 aliphatic carbocycles. The van der Waals surface area contributed by atoms with E-state index in [4.69, 9.17) is 0 Å². The van der Waals surface area contributed by atoms with Crippen molar-refractivity contribution in [3.05, 3.63) is 23.3 Å². The van der Waals surface area contributed by atoms with Crippen LogP contribution in [0.4, 0.5) is 0 Å². The van der Waals surface area contributed by atoms with Gasteiger partial charge in [-0.05, 0) is 56.4 Å². The monoisotopic (exact) mass is 318 g/mol. The van der Waals surface area contributed by atoms with Gasteiger partial charge in [-0.2, -0.15) is 0 Å². The standard InChI is InChI=1S/C20H30O3/c1-13(10-11-21)6-8-15-14(2)7-9-17-19(3,4)18(23)16(22)12-20(15,17)5/h7,10-11,15,17-18,23H,6,8-9,12H2,1-5H3/b13-10+/t15-,17-,18-,20-/m1/s1. The van der Waals surface area contributed by atoms with Crippen LogP contribution in [-0.4, -0.2) is 23.3 Å². The first-order chi connectivity index (χ1) is 10.6. The summed E-state index contributed by atoms with van der Waals surface area (Å²) in [5, 5.41) is 10.4. The van der Waals surface area contributed by atoms with Crippen LogP contribution in [0.15, 0.2) is 23.3 Å². The molecule has 0 aromatic rings. The van der Waals surface area contributed by atoms with E-state index in [2.05, 4.69) is 19.9 Å². The Morgan fingerprint density at radius 3 is 2.65 bits per heavy atom. The maximum atomic E-state index is 12.4. The molecule has 3 heteroatoms. The lowest BCUT2D eigenvalue weighted by Crippen LogP contribution is -2.58. The number of aldehydes is 1. The highest BCUT2D eigenvalue weighted by atomic mass is 16.3. The number of ketones is 1. The molecule has 3 nitrogen and oxygen atoms in total. The number of hydrogen-bond acceptors (Lipinski definition) is 3. The zero-order chi connectivity index (χ0) is 17.4. The fourth-order valence-electron chi connectivity index (χ4n) is 5.08. The average Bonchev–Trinajstić information content (AvgIpc) is 2.44. The summed E-state index contributed by atoms with van der Waals surface area (Å²) in [5.74, 6) is 0.604. The second-order valence-corrected chi connectivity index (χ2v) is 8.35. The van der Waals surface area contributed by atoms with Crippen LogP contribution >= 0.6 is 0 Å². The summed E-state index contributed by atoms with van der Waals surface area (Å²) in [7, 11) is 0. The Labute approximate surface area is 139 Å². The van der Waals surface area contributed by atoms with Crippen LogP contribution in [0.1, 0.15) is 60.3 Å². The predicted molar refractivity (Wildman–Crippen MR) is 91.9 cm³/mol. The van der Waals surface area contributed by atoms with E-state index in [0.717, 1.165) is 31.1 Å². The van der Waals surface area contributed by atoms with Crippen molar-refractivity contribution in [2.75, 3.05) is 0 Å². The lowest BCUT2D eigenvalue weighted by atomic mass is 9.47. The predicted octanol–water partition coefficient (Wildman–Crippen LogP) is 3.86. The van der Waals surface area contributed by atoms with Gasteiger partial charge in [0.05, 0.1) is 0 Å². The molecule has 0 spiro atoms. The van der Waals surface area contributed by atoms with Gasteiger partial charge in [-0.15, -0.1) is 0 Å². The molecule has 0 bridgehead atoms. The van der Waals surface area contributed by atoms with E-state index in [-0.39, 0.29) is 11.2 Å². The van der Waals surface area contributed by atoms with E-state index in [1.165, 1.54) is 5.57 Å². The third kappa shape index (κ3) is 3.08. The summed E-state index contributed by atoms with van der Waals surface area (Å²) >= 11 is 0. The average molecular weight is 318 g/mol. The Kier molecular flexibility index (Phi) is 5.00. The van der Waals surface area contributed by atoms with Crippen LogP contribution in [0, 0.1) is 22.7 Å². The quantitative estimate of drug-likeness (QED) is 0.486. The van der Waals surface area contributed by atoms with E-state index >= 15 is 0 Å². The molecule has 0 aromatic carbocycles. The van der Waals surface area contributed by atoms with Crippen LogP contribution in [0.25, 0.3) is 0 Å². The van der Waals surface area contributed by atoms with E-state index in [1.54, 1.807) is 6.08 Å². The topological polar surface area (TPSA) is 54.4 Å². The van der Waals surface area contributed by atoms with Gasteiger partial charge in [0.1, 0.15) is 12.4 Å². The summed E-state index contributed by atoms with van der Waals surface area (Å²) in [6.45, 7) is 10.4. The lowest BCUT2D eigenvalue weighted by molar-refractivity contribution is -0.159. The van der Waals surface area contributed by atoms with Crippen molar-refractivity contribution in [3.63, 3.8) is 0 Å². The van der Waals surface area contributed by atoms with Crippen LogP contribution in [0.2, 0.25) is 0 Å². The minimum atomic E-state index is -0.857. The Morgan fingerprint density at radius 1 is 1.39 bits per heavy atom. The highest BCUT2D eigenvalue weighted by molar-refractivity contribution is 5.85. The molecule has 0 heterocycles. The third-order valence-corrected chi connectivity index (χ3v) is 6.46. The van der Waals surface area contributed by atoms with Crippen LogP contribution in [0.5, 0.6) is 0 Å². The molecule has 0 aliphatic heterocycles. The van der Waals surface area contributed by atoms with Gasteiger partial charge in [0.15, 0.2) is 5.78 Å². The molecule has 0 unspecified atom stereocenters. The maximum absolute atomic E-state index is 12.4. The number of aliphatic hydroxyl groups excluding tert-OH is 1. The van der Waals surface area contributed by atoms with Crippen LogP contribution in [-0.2, 0) is 9.59 Å². The minimum absolute atomic E-state index is 0.0198. The van der Waals surface area contributed by atoms with Crippen LogP contribution in [0.3, 0.4) is 0 Å². The van der Waals surface area contributed by atoms with E-state index in [1.807, 2.05) is 20.8 Å². The molecule has 2 aliphatic rings. The Bertz CT molecular complexity index is 555. The Hall–Kier alpha value is -1.22. The first-order valence-electron chi connectivity index (χ1n) is 8.63. The van der Waals surface area contributed by atoms with Gasteiger partial charge in [0, 0.05) is 11.8 Å². The molecule has 0 aromatic heterocycles. The molecule has 4 atom stereocenters. The molecule has 23 heavy (non-hydrogen) atoms.